The van der Waals surface area contributed by atoms with Crippen LogP contribution in [-0.2, 0) is 0 Å². The third-order valence-corrected chi connectivity index (χ3v) is 4.34. The van der Waals surface area contributed by atoms with Crippen molar-refractivity contribution in [2.75, 3.05) is 0 Å². The first-order valence-electron chi connectivity index (χ1n) is 7.68. The summed E-state index contributed by atoms with van der Waals surface area (Å²) in [6, 6.07) is 14.9. The molecule has 5 heteroatoms. The molecule has 0 unspecified atom stereocenters. The number of fused-ring (bicyclic) bond motifs is 3. The van der Waals surface area contributed by atoms with Crippen LogP contribution in [-0.4, -0.2) is 17.2 Å². The molecule has 0 fully saturated rings. The lowest BCUT2D eigenvalue weighted by Crippen LogP contribution is -2.11. The molecule has 122 valence electrons. The first kappa shape index (κ1) is 15.1. The molecule has 4 aromatic rings. The molecule has 3 aromatic carbocycles. The predicted molar refractivity (Wildman–Crippen MR) is 95.1 cm³/mol. The number of hydrogen-bond acceptors (Lipinski definition) is 2. The van der Waals surface area contributed by atoms with Gasteiger partial charge < -0.3 is 10.7 Å². The van der Waals surface area contributed by atoms with Crippen LogP contribution in [0.5, 0.6) is 0 Å². The van der Waals surface area contributed by atoms with Gasteiger partial charge in [-0.05, 0) is 23.8 Å². The second-order valence-electron chi connectivity index (χ2n) is 5.80. The number of primary amides is 1. The topological polar surface area (TPSA) is 76.0 Å². The Bertz CT molecular complexity index is 1160. The van der Waals surface area contributed by atoms with Crippen molar-refractivity contribution in [1.82, 2.24) is 4.98 Å². The largest absolute Gasteiger partial charge is 0.366 e. The Kier molecular flexibility index (Phi) is 3.35. The number of hydrogen-bond donors (Lipinski definition) is 2. The molecule has 0 aliphatic rings. The van der Waals surface area contributed by atoms with Gasteiger partial charge in [-0.25, -0.2) is 4.39 Å². The Balaban J connectivity index is 2.18. The third-order valence-electron chi connectivity index (χ3n) is 4.34. The molecule has 1 amide bonds. The Morgan fingerprint density at radius 1 is 1.04 bits per heavy atom. The number of aromatic nitrogens is 1. The summed E-state index contributed by atoms with van der Waals surface area (Å²) in [7, 11) is 0. The lowest BCUT2D eigenvalue weighted by Gasteiger charge is -2.08. The molecule has 0 bridgehead atoms. The molecule has 1 aromatic heterocycles. The van der Waals surface area contributed by atoms with E-state index in [4.69, 9.17) is 5.73 Å². The molecular weight excluding hydrogens is 319 g/mol. The summed E-state index contributed by atoms with van der Waals surface area (Å²) in [4.78, 5) is 26.0. The summed E-state index contributed by atoms with van der Waals surface area (Å²) in [5.41, 5.74) is 8.62. The normalized spacial score (nSPS) is 11.1. The predicted octanol–water partition coefficient (Wildman–Crippen LogP) is 4.04. The van der Waals surface area contributed by atoms with Crippen molar-refractivity contribution in [3.05, 3.63) is 71.5 Å². The smallest absolute Gasteiger partial charge is 0.250 e. The molecular formula is C20H13FN2O2. The van der Waals surface area contributed by atoms with Crippen LogP contribution in [0.4, 0.5) is 4.39 Å². The highest BCUT2D eigenvalue weighted by molar-refractivity contribution is 6.20. The monoisotopic (exact) mass is 332 g/mol. The number of aromatic amines is 1. The molecule has 3 N–H and O–H groups in total. The van der Waals surface area contributed by atoms with Crippen LogP contribution in [0.2, 0.25) is 0 Å². The lowest BCUT2D eigenvalue weighted by atomic mass is 9.96. The zero-order valence-corrected chi connectivity index (χ0v) is 13.0. The van der Waals surface area contributed by atoms with Gasteiger partial charge in [0.25, 0.3) is 5.91 Å². The maximum absolute atomic E-state index is 14.3. The van der Waals surface area contributed by atoms with Crippen LogP contribution in [0.3, 0.4) is 0 Å². The van der Waals surface area contributed by atoms with E-state index in [1.807, 2.05) is 0 Å². The van der Waals surface area contributed by atoms with E-state index in [1.54, 1.807) is 48.5 Å². The maximum atomic E-state index is 14.3. The summed E-state index contributed by atoms with van der Waals surface area (Å²) < 4.78 is 14.3. The average Bonchev–Trinajstić information content (AvgIpc) is 2.99. The van der Waals surface area contributed by atoms with Crippen LogP contribution < -0.4 is 5.73 Å². The van der Waals surface area contributed by atoms with Gasteiger partial charge in [0, 0.05) is 27.4 Å². The molecule has 0 radical (unpaired) electrons. The number of amides is 1. The van der Waals surface area contributed by atoms with E-state index in [0.29, 0.717) is 38.7 Å². The van der Waals surface area contributed by atoms with E-state index in [0.717, 1.165) is 11.7 Å². The zero-order chi connectivity index (χ0) is 17.6. The molecule has 0 aliphatic heterocycles. The molecule has 4 rings (SSSR count). The van der Waals surface area contributed by atoms with Crippen molar-refractivity contribution < 1.29 is 14.0 Å². The van der Waals surface area contributed by atoms with Crippen LogP contribution in [0.1, 0.15) is 20.7 Å². The first-order chi connectivity index (χ1) is 12.1. The van der Waals surface area contributed by atoms with Gasteiger partial charge in [0.1, 0.15) is 12.1 Å². The lowest BCUT2D eigenvalue weighted by molar-refractivity contribution is 0.100. The fourth-order valence-electron chi connectivity index (χ4n) is 3.21. The van der Waals surface area contributed by atoms with Crippen molar-refractivity contribution in [2.45, 2.75) is 0 Å². The number of benzene rings is 3. The highest BCUT2D eigenvalue weighted by Crippen LogP contribution is 2.37. The average molecular weight is 332 g/mol. The van der Waals surface area contributed by atoms with Crippen LogP contribution in [0.15, 0.2) is 54.6 Å². The van der Waals surface area contributed by atoms with Gasteiger partial charge in [0.15, 0.2) is 0 Å². The Hall–Kier alpha value is -3.47. The minimum absolute atomic E-state index is 0.318. The highest BCUT2D eigenvalue weighted by Gasteiger charge is 2.18. The van der Waals surface area contributed by atoms with Gasteiger partial charge in [-0.1, -0.05) is 36.4 Å². The van der Waals surface area contributed by atoms with Crippen LogP contribution in [0.25, 0.3) is 32.9 Å². The van der Waals surface area contributed by atoms with E-state index in [-0.39, 0.29) is 5.82 Å². The minimum Gasteiger partial charge on any atom is -0.366 e. The number of aldehydes is 1. The molecule has 0 atom stereocenters. The second kappa shape index (κ2) is 5.56. The van der Waals surface area contributed by atoms with Gasteiger partial charge in [-0.3, -0.25) is 9.59 Å². The molecule has 0 aliphatic carbocycles. The van der Waals surface area contributed by atoms with Crippen molar-refractivity contribution in [3.8, 4) is 11.1 Å². The number of nitrogens with one attached hydrogen (secondary N) is 1. The maximum Gasteiger partial charge on any atom is 0.250 e. The van der Waals surface area contributed by atoms with Crippen molar-refractivity contribution >= 4 is 34.0 Å². The number of rotatable bonds is 3. The van der Waals surface area contributed by atoms with E-state index in [2.05, 4.69) is 4.98 Å². The fourth-order valence-corrected chi connectivity index (χ4v) is 3.21. The Morgan fingerprint density at radius 3 is 2.56 bits per heavy atom. The Morgan fingerprint density at radius 2 is 1.84 bits per heavy atom. The summed E-state index contributed by atoms with van der Waals surface area (Å²) in [5.74, 6) is -0.929. The summed E-state index contributed by atoms with van der Waals surface area (Å²) in [6.45, 7) is 0. The van der Waals surface area contributed by atoms with Crippen molar-refractivity contribution in [2.24, 2.45) is 5.73 Å². The molecule has 4 nitrogen and oxygen atoms in total. The van der Waals surface area contributed by atoms with Gasteiger partial charge in [0.2, 0.25) is 0 Å². The van der Waals surface area contributed by atoms with E-state index < -0.39 is 5.91 Å². The second-order valence-corrected chi connectivity index (χ2v) is 5.80. The van der Waals surface area contributed by atoms with Crippen molar-refractivity contribution in [3.63, 3.8) is 0 Å². The standard InChI is InChI=1S/C20H13FN2O2/c21-16-4-2-1-3-12(16)13-7-8-15(20(22)25)19-18(13)14-6-5-11(10-24)9-17(14)23-19/h1-10,23H,(H2,22,25). The molecule has 1 heterocycles. The molecule has 0 saturated heterocycles. The van der Waals surface area contributed by atoms with Crippen LogP contribution >= 0.6 is 0 Å². The van der Waals surface area contributed by atoms with Gasteiger partial charge >= 0.3 is 0 Å². The van der Waals surface area contributed by atoms with Crippen molar-refractivity contribution in [1.29, 1.82) is 0 Å². The summed E-state index contributed by atoms with van der Waals surface area (Å²) in [6.07, 6.45) is 0.748. The summed E-state index contributed by atoms with van der Waals surface area (Å²) >= 11 is 0. The quantitative estimate of drug-likeness (QED) is 0.556. The van der Waals surface area contributed by atoms with Crippen LogP contribution in [0, 0.1) is 5.82 Å². The molecule has 25 heavy (non-hydrogen) atoms. The Labute approximate surface area is 142 Å². The first-order valence-corrected chi connectivity index (χ1v) is 7.68. The number of nitrogens with two attached hydrogens (primary N) is 1. The number of H-pyrrole nitrogens is 1. The number of carbonyl (C=O) groups excluding carboxylic acids is 2. The van der Waals surface area contributed by atoms with E-state index in [9.17, 15) is 14.0 Å². The molecule has 0 spiro atoms. The fraction of sp³-hybridized carbons (Fsp3) is 0. The molecule has 0 saturated carbocycles. The summed E-state index contributed by atoms with van der Waals surface area (Å²) in [5, 5.41) is 1.50. The number of carbonyl (C=O) groups is 2. The van der Waals surface area contributed by atoms with Gasteiger partial charge in [0.05, 0.1) is 11.1 Å². The van der Waals surface area contributed by atoms with E-state index in [1.165, 1.54) is 6.07 Å². The highest BCUT2D eigenvalue weighted by atomic mass is 19.1. The SMILES string of the molecule is NC(=O)c1ccc(-c2ccccc2F)c2c1[nH]c1cc(C=O)ccc12. The van der Waals surface area contributed by atoms with E-state index >= 15 is 0 Å². The minimum atomic E-state index is -0.577. The van der Waals surface area contributed by atoms with Gasteiger partial charge in [-0.2, -0.15) is 0 Å². The van der Waals surface area contributed by atoms with Gasteiger partial charge in [-0.15, -0.1) is 0 Å². The number of halogens is 1. The third kappa shape index (κ3) is 2.29. The zero-order valence-electron chi connectivity index (χ0n) is 13.0.